The lowest BCUT2D eigenvalue weighted by Crippen LogP contribution is -2.55. The Kier molecular flexibility index (Phi) is 9.59. The minimum atomic E-state index is 0.524. The average Bonchev–Trinajstić information content (AvgIpc) is 2.65. The molecule has 2 N–H and O–H groups in total. The van der Waals surface area contributed by atoms with Crippen molar-refractivity contribution in [1.82, 2.24) is 20.4 Å². The number of nitrogens with one attached hydrogen (secondary N) is 2. The maximum Gasteiger partial charge on any atom is 0.191 e. The molecule has 1 aliphatic heterocycles. The molecule has 27 heavy (non-hydrogen) atoms. The van der Waals surface area contributed by atoms with Gasteiger partial charge in [-0.1, -0.05) is 41.4 Å². The van der Waals surface area contributed by atoms with Crippen LogP contribution in [0.2, 0.25) is 0 Å². The standard InChI is InChI=1S/C21H36BrN5/c1-5-17(12-18-8-7-9-19(22)13-18)14-24-21(23-6-2)25-15-20-16-26(3)10-11-27(20)4/h7-9,13,17,20H,5-6,10-12,14-16H2,1-4H3,(H2,23,24,25). The van der Waals surface area contributed by atoms with Gasteiger partial charge < -0.3 is 15.5 Å². The summed E-state index contributed by atoms with van der Waals surface area (Å²) in [5.41, 5.74) is 1.37. The largest absolute Gasteiger partial charge is 0.357 e. The highest BCUT2D eigenvalue weighted by Crippen LogP contribution is 2.17. The van der Waals surface area contributed by atoms with Crippen LogP contribution in [0, 0.1) is 5.92 Å². The maximum absolute atomic E-state index is 4.88. The summed E-state index contributed by atoms with van der Waals surface area (Å²) < 4.78 is 1.15. The Labute approximate surface area is 173 Å². The predicted octanol–water partition coefficient (Wildman–Crippen LogP) is 2.82. The molecule has 0 spiro atoms. The van der Waals surface area contributed by atoms with E-state index >= 15 is 0 Å². The second kappa shape index (κ2) is 11.7. The van der Waals surface area contributed by atoms with Crippen LogP contribution in [0.4, 0.5) is 0 Å². The Hall–Kier alpha value is -1.11. The van der Waals surface area contributed by atoms with Gasteiger partial charge in [-0.15, -0.1) is 0 Å². The molecule has 0 aliphatic carbocycles. The highest BCUT2D eigenvalue weighted by Gasteiger charge is 2.22. The second-order valence-electron chi connectivity index (χ2n) is 7.61. The van der Waals surface area contributed by atoms with E-state index in [-0.39, 0.29) is 0 Å². The summed E-state index contributed by atoms with van der Waals surface area (Å²) in [6.07, 6.45) is 2.20. The van der Waals surface area contributed by atoms with E-state index in [1.807, 2.05) is 0 Å². The van der Waals surface area contributed by atoms with Crippen LogP contribution in [0.15, 0.2) is 33.7 Å². The van der Waals surface area contributed by atoms with Crippen molar-refractivity contribution >= 4 is 21.9 Å². The SMILES string of the molecule is CCNC(=NCC(CC)Cc1cccc(Br)c1)NCC1CN(C)CCN1C. The van der Waals surface area contributed by atoms with Gasteiger partial charge in [0.1, 0.15) is 0 Å². The minimum Gasteiger partial charge on any atom is -0.357 e. The topological polar surface area (TPSA) is 42.9 Å². The van der Waals surface area contributed by atoms with Crippen LogP contribution >= 0.6 is 15.9 Å². The second-order valence-corrected chi connectivity index (χ2v) is 8.52. The van der Waals surface area contributed by atoms with Crippen molar-refractivity contribution in [3.8, 4) is 0 Å². The third kappa shape index (κ3) is 7.80. The molecule has 1 saturated heterocycles. The van der Waals surface area contributed by atoms with E-state index in [2.05, 4.69) is 88.6 Å². The molecule has 1 aliphatic rings. The van der Waals surface area contributed by atoms with Crippen LogP contribution in [0.5, 0.6) is 0 Å². The highest BCUT2D eigenvalue weighted by molar-refractivity contribution is 9.10. The van der Waals surface area contributed by atoms with E-state index in [9.17, 15) is 0 Å². The summed E-state index contributed by atoms with van der Waals surface area (Å²) in [7, 11) is 4.42. The third-order valence-corrected chi connectivity index (χ3v) is 5.82. The van der Waals surface area contributed by atoms with Crippen molar-refractivity contribution in [2.75, 3.05) is 53.4 Å². The summed E-state index contributed by atoms with van der Waals surface area (Å²) in [6.45, 7) is 10.4. The van der Waals surface area contributed by atoms with E-state index in [1.54, 1.807) is 0 Å². The highest BCUT2D eigenvalue weighted by atomic mass is 79.9. The molecule has 1 heterocycles. The number of piperazine rings is 1. The van der Waals surface area contributed by atoms with E-state index < -0.39 is 0 Å². The number of aliphatic imine (C=N–C) groups is 1. The van der Waals surface area contributed by atoms with Crippen LogP contribution in [-0.2, 0) is 6.42 Å². The van der Waals surface area contributed by atoms with Crippen LogP contribution in [0.3, 0.4) is 0 Å². The van der Waals surface area contributed by atoms with E-state index in [0.717, 1.165) is 62.5 Å². The molecular weight excluding hydrogens is 402 g/mol. The lowest BCUT2D eigenvalue weighted by atomic mass is 9.97. The van der Waals surface area contributed by atoms with E-state index in [1.165, 1.54) is 5.56 Å². The van der Waals surface area contributed by atoms with E-state index in [0.29, 0.717) is 12.0 Å². The number of rotatable bonds is 8. The summed E-state index contributed by atoms with van der Waals surface area (Å²) in [5.74, 6) is 1.49. The molecule has 5 nitrogen and oxygen atoms in total. The first-order valence-corrected chi connectivity index (χ1v) is 11.0. The number of guanidine groups is 1. The Morgan fingerprint density at radius 1 is 1.26 bits per heavy atom. The van der Waals surface area contributed by atoms with Crippen molar-refractivity contribution in [1.29, 1.82) is 0 Å². The van der Waals surface area contributed by atoms with Crippen molar-refractivity contribution in [2.24, 2.45) is 10.9 Å². The normalized spacial score (nSPS) is 20.5. The van der Waals surface area contributed by atoms with Crippen LogP contribution in [0.25, 0.3) is 0 Å². The van der Waals surface area contributed by atoms with Gasteiger partial charge in [-0.25, -0.2) is 0 Å². The number of hydrogen-bond donors (Lipinski definition) is 2. The third-order valence-electron chi connectivity index (χ3n) is 5.33. The van der Waals surface area contributed by atoms with Gasteiger partial charge in [-0.2, -0.15) is 0 Å². The van der Waals surface area contributed by atoms with Gasteiger partial charge in [0.05, 0.1) is 0 Å². The molecule has 152 valence electrons. The minimum absolute atomic E-state index is 0.524. The van der Waals surface area contributed by atoms with Gasteiger partial charge in [-0.05, 0) is 51.1 Å². The van der Waals surface area contributed by atoms with Crippen molar-refractivity contribution in [2.45, 2.75) is 32.7 Å². The molecule has 1 fully saturated rings. The zero-order valence-electron chi connectivity index (χ0n) is 17.3. The fourth-order valence-electron chi connectivity index (χ4n) is 3.43. The summed E-state index contributed by atoms with van der Waals surface area (Å²) in [6, 6.07) is 9.13. The molecule has 0 amide bonds. The van der Waals surface area contributed by atoms with Gasteiger partial charge in [0.25, 0.3) is 0 Å². The molecule has 2 rings (SSSR count). The zero-order valence-corrected chi connectivity index (χ0v) is 18.9. The zero-order chi connectivity index (χ0) is 19.6. The molecule has 0 bridgehead atoms. The molecule has 2 unspecified atom stereocenters. The van der Waals surface area contributed by atoms with Crippen LogP contribution < -0.4 is 10.6 Å². The smallest absolute Gasteiger partial charge is 0.191 e. The quantitative estimate of drug-likeness (QED) is 0.484. The molecule has 1 aromatic rings. The van der Waals surface area contributed by atoms with Gasteiger partial charge in [0.2, 0.25) is 0 Å². The molecule has 1 aromatic carbocycles. The number of likely N-dealkylation sites (N-methyl/N-ethyl adjacent to an activating group) is 2. The van der Waals surface area contributed by atoms with Crippen LogP contribution in [-0.4, -0.2) is 75.2 Å². The number of benzene rings is 1. The maximum atomic E-state index is 4.88. The lowest BCUT2D eigenvalue weighted by Gasteiger charge is -2.38. The number of nitrogens with zero attached hydrogens (tertiary/aromatic N) is 3. The van der Waals surface area contributed by atoms with Gasteiger partial charge in [-0.3, -0.25) is 9.89 Å². The van der Waals surface area contributed by atoms with Crippen molar-refractivity contribution < 1.29 is 0 Å². The number of hydrogen-bond acceptors (Lipinski definition) is 3. The Bertz CT molecular complexity index is 592. The van der Waals surface area contributed by atoms with Gasteiger partial charge >= 0.3 is 0 Å². The molecule has 6 heteroatoms. The van der Waals surface area contributed by atoms with Crippen LogP contribution in [0.1, 0.15) is 25.8 Å². The Balaban J connectivity index is 1.90. The van der Waals surface area contributed by atoms with Crippen molar-refractivity contribution in [3.63, 3.8) is 0 Å². The molecule has 0 radical (unpaired) electrons. The first-order chi connectivity index (χ1) is 13.0. The molecule has 2 atom stereocenters. The molecular formula is C21H36BrN5. The van der Waals surface area contributed by atoms with Gasteiger partial charge in [0.15, 0.2) is 5.96 Å². The average molecular weight is 438 g/mol. The summed E-state index contributed by atoms with van der Waals surface area (Å²) >= 11 is 3.57. The molecule has 0 saturated carbocycles. The monoisotopic (exact) mass is 437 g/mol. The summed E-state index contributed by atoms with van der Waals surface area (Å²) in [5, 5.41) is 6.96. The van der Waals surface area contributed by atoms with E-state index in [4.69, 9.17) is 4.99 Å². The predicted molar refractivity (Wildman–Crippen MR) is 120 cm³/mol. The van der Waals surface area contributed by atoms with Gasteiger partial charge in [0, 0.05) is 49.8 Å². The summed E-state index contributed by atoms with van der Waals surface area (Å²) in [4.78, 5) is 9.73. The lowest BCUT2D eigenvalue weighted by molar-refractivity contribution is 0.116. The number of halogens is 1. The first-order valence-electron chi connectivity index (χ1n) is 10.2. The fourth-order valence-corrected chi connectivity index (χ4v) is 3.88. The first kappa shape index (κ1) is 22.2. The fraction of sp³-hybridized carbons (Fsp3) is 0.667. The molecule has 0 aromatic heterocycles. The Morgan fingerprint density at radius 2 is 2.07 bits per heavy atom. The Morgan fingerprint density at radius 3 is 2.78 bits per heavy atom. The van der Waals surface area contributed by atoms with Crippen molar-refractivity contribution in [3.05, 3.63) is 34.3 Å².